The summed E-state index contributed by atoms with van der Waals surface area (Å²) in [6.07, 6.45) is 3.36. The zero-order chi connectivity index (χ0) is 29.7. The number of allylic oxidation sites excluding steroid dienone is 4. The molecule has 0 heterocycles. The predicted molar refractivity (Wildman–Crippen MR) is 143 cm³/mol. The van der Waals surface area contributed by atoms with Gasteiger partial charge in [0.05, 0.1) is 11.0 Å². The maximum atomic E-state index is 14.4. The molecule has 3 fully saturated rings. The highest BCUT2D eigenvalue weighted by Crippen LogP contribution is 2.73. The Morgan fingerprint density at radius 3 is 2.33 bits per heavy atom. The molecule has 3 saturated carbocycles. The van der Waals surface area contributed by atoms with Gasteiger partial charge in [-0.05, 0) is 79.1 Å². The van der Waals surface area contributed by atoms with Crippen molar-refractivity contribution >= 4 is 17.5 Å². The van der Waals surface area contributed by atoms with Crippen LogP contribution in [0.2, 0.25) is 0 Å². The monoisotopic (exact) mass is 558 g/mol. The number of amides is 1. The van der Waals surface area contributed by atoms with Crippen molar-refractivity contribution in [1.82, 2.24) is 5.32 Å². The summed E-state index contributed by atoms with van der Waals surface area (Å²) in [6, 6.07) is 2.09. The van der Waals surface area contributed by atoms with Crippen molar-refractivity contribution in [2.45, 2.75) is 92.7 Å². The lowest BCUT2D eigenvalue weighted by molar-refractivity contribution is -0.180. The van der Waals surface area contributed by atoms with Gasteiger partial charge in [0.25, 0.3) is 0 Å². The Morgan fingerprint density at radius 1 is 1.05 bits per heavy atom. The minimum atomic E-state index is -4.51. The van der Waals surface area contributed by atoms with Crippen molar-refractivity contribution in [1.29, 1.82) is 5.26 Å². The highest BCUT2D eigenvalue weighted by molar-refractivity contribution is 6.02. The topological polar surface area (TPSA) is 87.0 Å². The predicted octanol–water partition coefficient (Wildman–Crippen LogP) is 6.49. The fraction of sp³-hybridized carbons (Fsp3) is 0.750. The molecular formula is C32H41F3N2O3. The second kappa shape index (κ2) is 8.79. The van der Waals surface area contributed by atoms with Gasteiger partial charge in [0.1, 0.15) is 12.6 Å². The number of hydrogen-bond acceptors (Lipinski definition) is 4. The summed E-state index contributed by atoms with van der Waals surface area (Å²) in [6.45, 7) is 11.2. The van der Waals surface area contributed by atoms with Gasteiger partial charge >= 0.3 is 6.18 Å². The zero-order valence-corrected chi connectivity index (χ0v) is 24.4. The third kappa shape index (κ3) is 3.89. The lowest BCUT2D eigenvalue weighted by Gasteiger charge is -2.68. The number of rotatable bonds is 2. The Kier molecular flexibility index (Phi) is 6.39. The molecule has 0 aliphatic heterocycles. The van der Waals surface area contributed by atoms with Crippen molar-refractivity contribution in [2.75, 3.05) is 6.54 Å². The molecular weight excluding hydrogens is 517 g/mol. The number of nitrogens with zero attached hydrogens (tertiary/aromatic N) is 1. The van der Waals surface area contributed by atoms with Crippen LogP contribution >= 0.6 is 0 Å². The molecule has 8 heteroatoms. The van der Waals surface area contributed by atoms with E-state index in [9.17, 15) is 32.8 Å². The van der Waals surface area contributed by atoms with Gasteiger partial charge in [-0.15, -0.1) is 0 Å². The Morgan fingerprint density at radius 2 is 1.70 bits per heavy atom. The van der Waals surface area contributed by atoms with E-state index in [-0.39, 0.29) is 40.3 Å². The van der Waals surface area contributed by atoms with Crippen LogP contribution in [0.5, 0.6) is 0 Å². The van der Waals surface area contributed by atoms with Crippen molar-refractivity contribution < 1.29 is 27.6 Å². The van der Waals surface area contributed by atoms with Crippen LogP contribution in [0.4, 0.5) is 13.2 Å². The van der Waals surface area contributed by atoms with Gasteiger partial charge in [-0.1, -0.05) is 53.2 Å². The van der Waals surface area contributed by atoms with E-state index in [1.807, 2.05) is 6.92 Å². The van der Waals surface area contributed by atoms with E-state index in [1.54, 1.807) is 12.2 Å². The Bertz CT molecular complexity index is 1270. The summed E-state index contributed by atoms with van der Waals surface area (Å²) in [4.78, 5) is 40.9. The standard InChI is InChI=1S/C32H41F3N2O3/c1-18-20-7-8-29(5)23(28(20,4)14-19(16-36)25(18)39)13-22(38)24-21-15-27(2,3)9-11-31(21,12-10-30(24,29)6)26(40)37-17-32(33,34)35/h13-14,18,20-21,24H,7-12,15,17H2,1-6H3,(H,37,40)/t18-,20-,21-,24-,28-,29+,30+,31-/m0/s1. The Labute approximate surface area is 235 Å². The summed E-state index contributed by atoms with van der Waals surface area (Å²) in [5.74, 6) is -1.99. The summed E-state index contributed by atoms with van der Waals surface area (Å²) in [5.41, 5.74) is -1.60. The van der Waals surface area contributed by atoms with E-state index >= 15 is 0 Å². The minimum absolute atomic E-state index is 0.0196. The number of nitrogens with one attached hydrogen (secondary N) is 1. The number of carbonyl (C=O) groups is 3. The first-order chi connectivity index (χ1) is 18.4. The van der Waals surface area contributed by atoms with Crippen LogP contribution in [0.15, 0.2) is 23.3 Å². The number of Topliss-reactive ketones (excluding diaryl/α,β-unsaturated/α-hetero) is 1. The highest BCUT2D eigenvalue weighted by Gasteiger charge is 2.70. The summed E-state index contributed by atoms with van der Waals surface area (Å²) in [7, 11) is 0. The van der Waals surface area contributed by atoms with E-state index in [0.29, 0.717) is 32.1 Å². The number of fused-ring (bicyclic) bond motifs is 7. The molecule has 0 aromatic heterocycles. The molecule has 1 N–H and O–H groups in total. The molecule has 218 valence electrons. The number of ketones is 2. The minimum Gasteiger partial charge on any atom is -0.346 e. The molecule has 5 rings (SSSR count). The molecule has 1 amide bonds. The van der Waals surface area contributed by atoms with Crippen molar-refractivity contribution in [2.24, 2.45) is 50.7 Å². The molecule has 5 aliphatic rings. The normalized spacial score (nSPS) is 44.1. The maximum Gasteiger partial charge on any atom is 0.405 e. The van der Waals surface area contributed by atoms with Crippen molar-refractivity contribution in [3.63, 3.8) is 0 Å². The van der Waals surface area contributed by atoms with Crippen LogP contribution in [-0.2, 0) is 14.4 Å². The molecule has 0 unspecified atom stereocenters. The molecule has 5 nitrogen and oxygen atoms in total. The summed E-state index contributed by atoms with van der Waals surface area (Å²) < 4.78 is 39.3. The van der Waals surface area contributed by atoms with E-state index in [0.717, 1.165) is 18.4 Å². The van der Waals surface area contributed by atoms with Crippen LogP contribution in [0.3, 0.4) is 0 Å². The van der Waals surface area contributed by atoms with Gasteiger partial charge < -0.3 is 5.32 Å². The number of hydrogen-bond donors (Lipinski definition) is 1. The van der Waals surface area contributed by atoms with Gasteiger partial charge in [0.2, 0.25) is 5.91 Å². The van der Waals surface area contributed by atoms with Crippen molar-refractivity contribution in [3.05, 3.63) is 23.3 Å². The number of nitriles is 1. The highest BCUT2D eigenvalue weighted by atomic mass is 19.4. The molecule has 0 saturated heterocycles. The maximum absolute atomic E-state index is 14.4. The lowest BCUT2D eigenvalue weighted by Crippen LogP contribution is -2.66. The first-order valence-corrected chi connectivity index (χ1v) is 14.6. The molecule has 8 atom stereocenters. The quantitative estimate of drug-likeness (QED) is 0.420. The van der Waals surface area contributed by atoms with Crippen LogP contribution in [0.1, 0.15) is 86.5 Å². The van der Waals surface area contributed by atoms with Crippen LogP contribution in [0.25, 0.3) is 0 Å². The Balaban J connectivity index is 1.63. The van der Waals surface area contributed by atoms with Crippen LogP contribution < -0.4 is 5.32 Å². The third-order valence-corrected chi connectivity index (χ3v) is 12.4. The van der Waals surface area contributed by atoms with E-state index < -0.39 is 46.2 Å². The fourth-order valence-corrected chi connectivity index (χ4v) is 10.0. The van der Waals surface area contributed by atoms with Crippen molar-refractivity contribution in [3.8, 4) is 6.07 Å². The summed E-state index contributed by atoms with van der Waals surface area (Å²) in [5, 5.41) is 12.0. The number of alkyl halides is 3. The molecule has 0 aromatic rings. The molecule has 0 radical (unpaired) electrons. The fourth-order valence-electron chi connectivity index (χ4n) is 10.0. The first-order valence-electron chi connectivity index (χ1n) is 14.6. The number of carbonyl (C=O) groups excluding carboxylic acids is 3. The largest absolute Gasteiger partial charge is 0.405 e. The van der Waals surface area contributed by atoms with Gasteiger partial charge in [0, 0.05) is 17.3 Å². The molecule has 0 bridgehead atoms. The van der Waals surface area contributed by atoms with Crippen LogP contribution in [-0.4, -0.2) is 30.2 Å². The van der Waals surface area contributed by atoms with Gasteiger partial charge in [-0.3, -0.25) is 14.4 Å². The average Bonchev–Trinajstić information content (AvgIpc) is 2.85. The Hall–Kier alpha value is -2.43. The zero-order valence-electron chi connectivity index (χ0n) is 24.4. The smallest absolute Gasteiger partial charge is 0.346 e. The first kappa shape index (κ1) is 29.1. The van der Waals surface area contributed by atoms with E-state index in [2.05, 4.69) is 46.0 Å². The molecule has 5 aliphatic carbocycles. The average molecular weight is 559 g/mol. The van der Waals surface area contributed by atoms with Gasteiger partial charge in [-0.25, -0.2) is 0 Å². The second-order valence-electron chi connectivity index (χ2n) is 14.9. The molecule has 0 spiro atoms. The molecule has 0 aromatic carbocycles. The van der Waals surface area contributed by atoms with Gasteiger partial charge in [-0.2, -0.15) is 18.4 Å². The third-order valence-electron chi connectivity index (χ3n) is 12.4. The second-order valence-corrected chi connectivity index (χ2v) is 14.9. The SMILES string of the molecule is C[C@@H]1C(=O)C(C#N)=C[C@]2(C)C3=CC(=O)[C@@H]4[C@@H]5CC(C)(C)CC[C@]5(C(=O)NCC(F)(F)F)CC[C@@]4(C)[C@]3(C)CC[C@@H]12. The lowest BCUT2D eigenvalue weighted by atomic mass is 9.34. The molecule has 40 heavy (non-hydrogen) atoms. The van der Waals surface area contributed by atoms with Gasteiger partial charge in [0.15, 0.2) is 11.6 Å². The summed E-state index contributed by atoms with van der Waals surface area (Å²) >= 11 is 0. The number of halogens is 3. The van der Waals surface area contributed by atoms with E-state index in [4.69, 9.17) is 0 Å². The van der Waals surface area contributed by atoms with Crippen LogP contribution in [0, 0.1) is 62.1 Å². The van der Waals surface area contributed by atoms with E-state index in [1.165, 1.54) is 0 Å².